The van der Waals surface area contributed by atoms with E-state index in [2.05, 4.69) is 0 Å². The van der Waals surface area contributed by atoms with E-state index in [0.717, 1.165) is 6.07 Å². The molecule has 0 amide bonds. The summed E-state index contributed by atoms with van der Waals surface area (Å²) in [5.74, 6) is 0. The monoisotopic (exact) mass is 413 g/mol. The Morgan fingerprint density at radius 1 is 0.571 bits per heavy atom. The quantitative estimate of drug-likeness (QED) is 0.388. The molecule has 146 valence electrons. The zero-order valence-electron chi connectivity index (χ0n) is 14.5. The zero-order chi connectivity index (χ0) is 20.4. The van der Waals surface area contributed by atoms with Crippen molar-refractivity contribution in [3.05, 3.63) is 90.5 Å². The highest BCUT2D eigenvalue weighted by Gasteiger charge is 2.56. The molecule has 0 nitrogen and oxygen atoms in total. The number of hydrogen-bond donors (Lipinski definition) is 0. The molecule has 0 aliphatic heterocycles. The molecule has 0 spiro atoms. The van der Waals surface area contributed by atoms with Crippen LogP contribution in [0.1, 0.15) is 5.56 Å². The Morgan fingerprint density at radius 2 is 1.00 bits per heavy atom. The summed E-state index contributed by atoms with van der Waals surface area (Å²) in [5, 5.41) is 0.211. The molecule has 0 unspecified atom stereocenters. The van der Waals surface area contributed by atoms with E-state index in [-0.39, 0.29) is 15.9 Å². The minimum Gasteiger partial charge on any atom is -0.167 e. The second kappa shape index (κ2) is 7.59. The van der Waals surface area contributed by atoms with Gasteiger partial charge in [0.1, 0.15) is 23.2 Å². The third-order valence-electron chi connectivity index (χ3n) is 4.43. The van der Waals surface area contributed by atoms with E-state index in [1.165, 1.54) is 42.5 Å². The van der Waals surface area contributed by atoms with Gasteiger partial charge in [-0.25, -0.2) is 0 Å². The van der Waals surface area contributed by atoms with Gasteiger partial charge < -0.3 is 0 Å². The molecule has 3 aromatic carbocycles. The van der Waals surface area contributed by atoms with E-state index in [0.29, 0.717) is 0 Å². The van der Waals surface area contributed by atoms with Crippen molar-refractivity contribution in [2.75, 3.05) is 6.16 Å². The van der Waals surface area contributed by atoms with E-state index in [4.69, 9.17) is 0 Å². The van der Waals surface area contributed by atoms with Gasteiger partial charge in [0.25, 0.3) is 0 Å². The molecule has 0 heterocycles. The van der Waals surface area contributed by atoms with Crippen LogP contribution in [0.2, 0.25) is 0 Å². The molecular weight excluding hydrogens is 397 g/mol. The van der Waals surface area contributed by atoms with Gasteiger partial charge in [0.2, 0.25) is 0 Å². The summed E-state index contributed by atoms with van der Waals surface area (Å²) >= 11 is 0. The van der Waals surface area contributed by atoms with Gasteiger partial charge in [-0.15, -0.1) is 0 Å². The lowest BCUT2D eigenvalue weighted by atomic mass is 10.2. The van der Waals surface area contributed by atoms with Crippen molar-refractivity contribution in [3.8, 4) is 0 Å². The summed E-state index contributed by atoms with van der Waals surface area (Å²) in [7, 11) is -3.65. The van der Waals surface area contributed by atoms with Crippen molar-refractivity contribution in [3.63, 3.8) is 0 Å². The molecule has 0 aliphatic carbocycles. The fourth-order valence-electron chi connectivity index (χ4n) is 3.38. The normalized spacial score (nSPS) is 12.8. The summed E-state index contributed by atoms with van der Waals surface area (Å²) < 4.78 is 82.7. The lowest BCUT2D eigenvalue weighted by Crippen LogP contribution is -2.40. The fourth-order valence-corrected chi connectivity index (χ4v) is 7.62. The molecule has 7 heteroatoms. The van der Waals surface area contributed by atoms with E-state index < -0.39 is 31.3 Å². The van der Waals surface area contributed by atoms with Crippen LogP contribution in [0.4, 0.5) is 26.3 Å². The number of benzene rings is 3. The van der Waals surface area contributed by atoms with E-state index >= 15 is 0 Å². The van der Waals surface area contributed by atoms with E-state index in [9.17, 15) is 26.3 Å². The number of alkyl halides is 6. The first-order valence-corrected chi connectivity index (χ1v) is 10.3. The SMILES string of the molecule is FC(F)(F)C[P+](c1ccccc1)(c1ccccc1)c1ccccc1C(F)(F)F. The largest absolute Gasteiger partial charge is 0.423 e. The molecule has 0 N–H and O–H groups in total. The van der Waals surface area contributed by atoms with Gasteiger partial charge in [-0.1, -0.05) is 48.5 Å². The van der Waals surface area contributed by atoms with Crippen LogP contribution in [0.5, 0.6) is 0 Å². The van der Waals surface area contributed by atoms with Gasteiger partial charge >= 0.3 is 12.4 Å². The first kappa shape index (κ1) is 20.4. The maximum atomic E-state index is 13.8. The van der Waals surface area contributed by atoms with Gasteiger partial charge in [0.05, 0.1) is 5.56 Å². The van der Waals surface area contributed by atoms with Gasteiger partial charge in [0.15, 0.2) is 6.16 Å². The molecule has 3 rings (SSSR count). The van der Waals surface area contributed by atoms with Crippen molar-refractivity contribution in [2.24, 2.45) is 0 Å². The van der Waals surface area contributed by atoms with Gasteiger partial charge in [0, 0.05) is 0 Å². The maximum absolute atomic E-state index is 13.8. The predicted molar refractivity (Wildman–Crippen MR) is 101 cm³/mol. The van der Waals surface area contributed by atoms with Crippen molar-refractivity contribution in [1.82, 2.24) is 0 Å². The number of rotatable bonds is 4. The minimum atomic E-state index is -4.77. The van der Waals surface area contributed by atoms with Crippen molar-refractivity contribution in [1.29, 1.82) is 0 Å². The first-order valence-electron chi connectivity index (χ1n) is 8.37. The lowest BCUT2D eigenvalue weighted by Gasteiger charge is -2.30. The second-order valence-corrected chi connectivity index (χ2v) is 9.72. The van der Waals surface area contributed by atoms with Crippen LogP contribution >= 0.6 is 7.26 Å². The third kappa shape index (κ3) is 4.07. The summed E-state index contributed by atoms with van der Waals surface area (Å²) in [6, 6.07) is 20.0. The molecule has 0 aliphatic rings. The molecule has 0 atom stereocenters. The van der Waals surface area contributed by atoms with Gasteiger partial charge in [-0.2, -0.15) is 26.3 Å². The van der Waals surface area contributed by atoms with Crippen LogP contribution in [-0.2, 0) is 6.18 Å². The lowest BCUT2D eigenvalue weighted by molar-refractivity contribution is -0.136. The molecule has 0 aromatic heterocycles. The molecule has 3 aromatic rings. The predicted octanol–water partition coefficient (Wildman–Crippen LogP) is 5.56. The number of halogens is 6. The zero-order valence-corrected chi connectivity index (χ0v) is 15.4. The Kier molecular flexibility index (Phi) is 5.53. The molecule has 0 saturated carbocycles. The molecule has 0 radical (unpaired) electrons. The van der Waals surface area contributed by atoms with Gasteiger partial charge in [-0.3, -0.25) is 0 Å². The topological polar surface area (TPSA) is 0 Å². The van der Waals surface area contributed by atoms with Crippen molar-refractivity contribution < 1.29 is 26.3 Å². The van der Waals surface area contributed by atoms with Crippen molar-refractivity contribution >= 4 is 23.2 Å². The Labute approximate surface area is 159 Å². The van der Waals surface area contributed by atoms with Crippen molar-refractivity contribution in [2.45, 2.75) is 12.4 Å². The molecule has 28 heavy (non-hydrogen) atoms. The van der Waals surface area contributed by atoms with Crippen LogP contribution in [0.15, 0.2) is 84.9 Å². The Balaban J connectivity index is 2.44. The second-order valence-electron chi connectivity index (χ2n) is 6.27. The maximum Gasteiger partial charge on any atom is 0.423 e. The van der Waals surface area contributed by atoms with Crippen LogP contribution in [0, 0.1) is 0 Å². The summed E-state index contributed by atoms with van der Waals surface area (Å²) in [4.78, 5) is 0. The Hall–Kier alpha value is -2.33. The minimum absolute atomic E-state index is 0.259. The number of hydrogen-bond acceptors (Lipinski definition) is 0. The standard InChI is InChI=1S/C21H16F6P/c22-20(23,24)15-28(16-9-3-1-4-10-16,17-11-5-2-6-12-17)19-14-8-7-13-18(19)21(25,26)27/h1-14H,15H2/q+1. The van der Waals surface area contributed by atoms with E-state index in [1.807, 2.05) is 0 Å². The summed E-state index contributed by atoms with van der Waals surface area (Å²) in [6.45, 7) is 0. The van der Waals surface area contributed by atoms with Crippen LogP contribution in [0.3, 0.4) is 0 Å². The highest BCUT2D eigenvalue weighted by Crippen LogP contribution is 2.59. The fraction of sp³-hybridized carbons (Fsp3) is 0.143. The molecule has 0 saturated heterocycles. The van der Waals surface area contributed by atoms with E-state index in [1.54, 1.807) is 36.4 Å². The van der Waals surface area contributed by atoms with Crippen LogP contribution < -0.4 is 15.9 Å². The third-order valence-corrected chi connectivity index (χ3v) is 8.84. The average Bonchev–Trinajstić information content (AvgIpc) is 2.66. The first-order chi connectivity index (χ1) is 13.1. The molecule has 0 bridgehead atoms. The highest BCUT2D eigenvalue weighted by molar-refractivity contribution is 7.95. The molecule has 0 fully saturated rings. The van der Waals surface area contributed by atoms with Crippen LogP contribution in [0.25, 0.3) is 0 Å². The average molecular weight is 413 g/mol. The van der Waals surface area contributed by atoms with Crippen LogP contribution in [-0.4, -0.2) is 12.3 Å². The summed E-state index contributed by atoms with van der Waals surface area (Å²) in [5.41, 5.74) is -1.03. The Morgan fingerprint density at radius 3 is 1.43 bits per heavy atom. The Bertz CT molecular complexity index is 877. The smallest absolute Gasteiger partial charge is 0.167 e. The molecular formula is C21H16F6P+. The highest BCUT2D eigenvalue weighted by atomic mass is 31.2. The van der Waals surface area contributed by atoms with Gasteiger partial charge in [-0.05, 0) is 36.4 Å². The summed E-state index contributed by atoms with van der Waals surface area (Å²) in [6.07, 6.45) is -10.8.